The van der Waals surface area contributed by atoms with Gasteiger partial charge < -0.3 is 14.8 Å². The van der Waals surface area contributed by atoms with Crippen molar-refractivity contribution >= 4 is 23.7 Å². The van der Waals surface area contributed by atoms with Crippen LogP contribution in [0.3, 0.4) is 0 Å². The summed E-state index contributed by atoms with van der Waals surface area (Å²) in [4.78, 5) is 28.1. The number of carbonyl (C=O) groups is 2. The molecule has 7 nitrogen and oxygen atoms in total. The number of dihydropyridines is 1. The number of aromatic nitrogens is 2. The van der Waals surface area contributed by atoms with Gasteiger partial charge in [-0.1, -0.05) is 62.6 Å². The van der Waals surface area contributed by atoms with Crippen LogP contribution in [0.1, 0.15) is 32.3 Å². The highest BCUT2D eigenvalue weighted by molar-refractivity contribution is 7.99. The van der Waals surface area contributed by atoms with Crippen LogP contribution in [0.15, 0.2) is 114 Å². The van der Waals surface area contributed by atoms with Crippen molar-refractivity contribution in [1.82, 2.24) is 15.1 Å². The number of benzene rings is 2. The lowest BCUT2D eigenvalue weighted by molar-refractivity contribution is -0.138. The Labute approximate surface area is 239 Å². The summed E-state index contributed by atoms with van der Waals surface area (Å²) in [5.74, 6) is -0.940. The van der Waals surface area contributed by atoms with E-state index in [0.29, 0.717) is 33.8 Å². The van der Waals surface area contributed by atoms with Gasteiger partial charge in [-0.25, -0.2) is 14.3 Å². The van der Waals surface area contributed by atoms with Crippen molar-refractivity contribution in [2.24, 2.45) is 0 Å². The van der Waals surface area contributed by atoms with E-state index >= 15 is 0 Å². The van der Waals surface area contributed by atoms with Gasteiger partial charge in [0.2, 0.25) is 0 Å². The van der Waals surface area contributed by atoms with E-state index < -0.39 is 17.9 Å². The van der Waals surface area contributed by atoms with Crippen molar-refractivity contribution in [2.45, 2.75) is 31.6 Å². The first-order valence-electron chi connectivity index (χ1n) is 13.0. The van der Waals surface area contributed by atoms with Crippen LogP contribution in [0.2, 0.25) is 0 Å². The van der Waals surface area contributed by atoms with Gasteiger partial charge in [0.15, 0.2) is 0 Å². The smallest absolute Gasteiger partial charge is 0.337 e. The highest BCUT2D eigenvalue weighted by Gasteiger charge is 2.40. The van der Waals surface area contributed by atoms with E-state index in [2.05, 4.69) is 37.5 Å². The van der Waals surface area contributed by atoms with E-state index in [0.717, 1.165) is 21.9 Å². The highest BCUT2D eigenvalue weighted by Crippen LogP contribution is 2.43. The molecule has 0 bridgehead atoms. The molecule has 1 aliphatic heterocycles. The molecule has 8 heteroatoms. The van der Waals surface area contributed by atoms with E-state index in [4.69, 9.17) is 14.6 Å². The number of allylic oxidation sites excluding steroid dienone is 2. The van der Waals surface area contributed by atoms with Gasteiger partial charge >= 0.3 is 11.9 Å². The number of nitrogens with zero attached hydrogens (tertiary/aromatic N) is 2. The zero-order valence-electron chi connectivity index (χ0n) is 23.0. The van der Waals surface area contributed by atoms with Gasteiger partial charge in [0, 0.05) is 33.6 Å². The largest absolute Gasteiger partial charge is 0.458 e. The second kappa shape index (κ2) is 13.2. The van der Waals surface area contributed by atoms with Crippen LogP contribution in [-0.2, 0) is 19.1 Å². The van der Waals surface area contributed by atoms with Crippen LogP contribution in [-0.4, -0.2) is 40.7 Å². The number of ether oxygens (including phenoxy) is 2. The van der Waals surface area contributed by atoms with Crippen molar-refractivity contribution in [2.75, 3.05) is 19.0 Å². The second-order valence-corrected chi connectivity index (χ2v) is 10.4. The second-order valence-electron chi connectivity index (χ2n) is 9.08. The normalized spacial score (nSPS) is 13.6. The minimum Gasteiger partial charge on any atom is -0.458 e. The average molecular weight is 556 g/mol. The summed E-state index contributed by atoms with van der Waals surface area (Å²) in [5.41, 5.74) is 4.82. The van der Waals surface area contributed by atoms with Crippen molar-refractivity contribution in [3.05, 3.63) is 114 Å². The number of hydrogen-bond acceptors (Lipinski definition) is 7. The summed E-state index contributed by atoms with van der Waals surface area (Å²) >= 11 is 1.75. The predicted octanol–water partition coefficient (Wildman–Crippen LogP) is 6.34. The molecule has 1 aromatic heterocycles. The van der Waals surface area contributed by atoms with Crippen molar-refractivity contribution in [3.8, 4) is 16.9 Å². The molecule has 1 N–H and O–H groups in total. The number of hydrogen-bond donors (Lipinski definition) is 1. The molecular formula is C32H33N3O4S. The molecule has 2 aromatic carbocycles. The molecule has 0 amide bonds. The Morgan fingerprint density at radius 3 is 2.05 bits per heavy atom. The highest BCUT2D eigenvalue weighted by atomic mass is 32.2. The molecule has 3 aromatic rings. The lowest BCUT2D eigenvalue weighted by Gasteiger charge is -2.30. The Kier molecular flexibility index (Phi) is 9.45. The van der Waals surface area contributed by atoms with Crippen molar-refractivity contribution in [3.63, 3.8) is 0 Å². The van der Waals surface area contributed by atoms with Crippen LogP contribution in [0.5, 0.6) is 0 Å². The van der Waals surface area contributed by atoms with Crippen LogP contribution >= 0.6 is 11.8 Å². The zero-order valence-corrected chi connectivity index (χ0v) is 23.8. The third-order valence-electron chi connectivity index (χ3n) is 6.38. The minimum atomic E-state index is -0.798. The Bertz CT molecular complexity index is 1420. The Morgan fingerprint density at radius 1 is 0.950 bits per heavy atom. The molecule has 0 aliphatic carbocycles. The molecule has 0 radical (unpaired) electrons. The fourth-order valence-electron chi connectivity index (χ4n) is 4.68. The standard InChI is InChI=1S/C32H33N3O4S/c1-6-18-38-31(36)27-21(4)33-22(5)28(32(37)39-19-7-2)29(27)26-20-35(24-12-10-9-11-13-24)34-30(26)23-14-16-25(17-15-23)40-8-3/h6-7,9-17,20,29,33H,1-2,8,18-19H2,3-5H3. The Balaban J connectivity index is 1.96. The fraction of sp³-hybridized carbons (Fsp3) is 0.219. The summed E-state index contributed by atoms with van der Waals surface area (Å²) in [5, 5.41) is 8.16. The van der Waals surface area contributed by atoms with E-state index in [1.807, 2.05) is 48.7 Å². The van der Waals surface area contributed by atoms with Crippen LogP contribution in [0.4, 0.5) is 0 Å². The predicted molar refractivity (Wildman–Crippen MR) is 159 cm³/mol. The lowest BCUT2D eigenvalue weighted by Crippen LogP contribution is -2.32. The van der Waals surface area contributed by atoms with Gasteiger partial charge in [-0.2, -0.15) is 5.10 Å². The molecule has 0 spiro atoms. The van der Waals surface area contributed by atoms with Crippen molar-refractivity contribution < 1.29 is 19.1 Å². The maximum absolute atomic E-state index is 13.5. The van der Waals surface area contributed by atoms with Gasteiger partial charge in [0.1, 0.15) is 13.2 Å². The third kappa shape index (κ3) is 6.13. The lowest BCUT2D eigenvalue weighted by atomic mass is 9.79. The van der Waals surface area contributed by atoms with Gasteiger partial charge in [-0.05, 0) is 43.9 Å². The Hall–Kier alpha value is -4.30. The monoisotopic (exact) mass is 555 g/mol. The topological polar surface area (TPSA) is 82.5 Å². The minimum absolute atomic E-state index is 0.0357. The maximum Gasteiger partial charge on any atom is 0.337 e. The molecule has 1 aliphatic rings. The first-order chi connectivity index (χ1) is 19.4. The number of carbonyl (C=O) groups excluding carboxylic acids is 2. The van der Waals surface area contributed by atoms with Gasteiger partial charge in [0.25, 0.3) is 0 Å². The molecular weight excluding hydrogens is 522 g/mol. The van der Waals surface area contributed by atoms with Crippen LogP contribution in [0.25, 0.3) is 16.9 Å². The molecule has 0 unspecified atom stereocenters. The van der Waals surface area contributed by atoms with Crippen LogP contribution < -0.4 is 5.32 Å². The molecule has 206 valence electrons. The molecule has 2 heterocycles. The van der Waals surface area contributed by atoms with Gasteiger partial charge in [-0.3, -0.25) is 0 Å². The summed E-state index contributed by atoms with van der Waals surface area (Å²) in [6.07, 6.45) is 4.89. The summed E-state index contributed by atoms with van der Waals surface area (Å²) in [6.45, 7) is 13.1. The van der Waals surface area contributed by atoms with Gasteiger partial charge in [-0.15, -0.1) is 11.8 Å². The number of thioether (sulfide) groups is 1. The number of esters is 2. The summed E-state index contributed by atoms with van der Waals surface area (Å²) in [7, 11) is 0. The SMILES string of the molecule is C=CCOC(=O)C1=C(C)NC(C)=C(C(=O)OCC=C)C1c1cn(-c2ccccc2)nc1-c1ccc(SCC)cc1. The molecule has 40 heavy (non-hydrogen) atoms. The number of rotatable bonds is 11. The van der Waals surface area contributed by atoms with Crippen molar-refractivity contribution in [1.29, 1.82) is 0 Å². The van der Waals surface area contributed by atoms with E-state index in [1.54, 1.807) is 30.3 Å². The van der Waals surface area contributed by atoms with E-state index in [1.165, 1.54) is 12.2 Å². The zero-order chi connectivity index (χ0) is 28.6. The summed E-state index contributed by atoms with van der Waals surface area (Å²) in [6, 6.07) is 17.8. The quantitative estimate of drug-likeness (QED) is 0.168. The van der Waals surface area contributed by atoms with E-state index in [9.17, 15) is 9.59 Å². The molecule has 0 fully saturated rings. The van der Waals surface area contributed by atoms with Crippen LogP contribution in [0, 0.1) is 0 Å². The number of para-hydroxylation sites is 1. The molecule has 0 atom stereocenters. The van der Waals surface area contributed by atoms with E-state index in [-0.39, 0.29) is 13.2 Å². The van der Waals surface area contributed by atoms with Gasteiger partial charge in [0.05, 0.1) is 28.4 Å². The fourth-order valence-corrected chi connectivity index (χ4v) is 5.34. The first-order valence-corrected chi connectivity index (χ1v) is 14.0. The third-order valence-corrected chi connectivity index (χ3v) is 7.27. The molecule has 0 saturated heterocycles. The Morgan fingerprint density at radius 2 is 1.52 bits per heavy atom. The first kappa shape index (κ1) is 28.7. The summed E-state index contributed by atoms with van der Waals surface area (Å²) < 4.78 is 12.8. The average Bonchev–Trinajstić information content (AvgIpc) is 3.40. The molecule has 0 saturated carbocycles. The maximum atomic E-state index is 13.5. The number of nitrogens with one attached hydrogen (secondary N) is 1. The molecule has 4 rings (SSSR count).